The molecule has 0 saturated heterocycles. The van der Waals surface area contributed by atoms with Gasteiger partial charge in [0.2, 0.25) is 0 Å². The van der Waals surface area contributed by atoms with Gasteiger partial charge in [0.15, 0.2) is 0 Å². The van der Waals surface area contributed by atoms with Crippen LogP contribution in [-0.4, -0.2) is 12.1 Å². The Bertz CT molecular complexity index is 298. The summed E-state index contributed by atoms with van der Waals surface area (Å²) in [6.45, 7) is 10.3. The minimum absolute atomic E-state index is 0.164. The van der Waals surface area contributed by atoms with E-state index >= 15 is 0 Å². The third-order valence-corrected chi connectivity index (χ3v) is 2.22. The molecule has 0 bridgehead atoms. The van der Waals surface area contributed by atoms with Gasteiger partial charge in [-0.05, 0) is 44.9 Å². The maximum atomic E-state index is 5.54. The number of hydrogen-bond acceptors (Lipinski definition) is 2. The van der Waals surface area contributed by atoms with Crippen molar-refractivity contribution < 1.29 is 4.74 Å². The van der Waals surface area contributed by atoms with Crippen molar-refractivity contribution >= 4 is 0 Å². The lowest BCUT2D eigenvalue weighted by molar-refractivity contribution is 0.317. The molecule has 0 saturated carbocycles. The van der Waals surface area contributed by atoms with Crippen LogP contribution in [0, 0.1) is 0 Å². The van der Waals surface area contributed by atoms with Gasteiger partial charge in [-0.25, -0.2) is 0 Å². The van der Waals surface area contributed by atoms with Gasteiger partial charge in [-0.1, -0.05) is 19.1 Å². The quantitative estimate of drug-likeness (QED) is 0.823. The van der Waals surface area contributed by atoms with E-state index < -0.39 is 0 Å². The van der Waals surface area contributed by atoms with Gasteiger partial charge in [-0.2, -0.15) is 0 Å². The Morgan fingerprint density at radius 1 is 1.12 bits per heavy atom. The lowest BCUT2D eigenvalue weighted by atomic mass is 10.1. The highest BCUT2D eigenvalue weighted by Crippen LogP contribution is 2.13. The van der Waals surface area contributed by atoms with Crippen LogP contribution in [0.1, 0.15) is 39.7 Å². The van der Waals surface area contributed by atoms with Crippen LogP contribution in [0.4, 0.5) is 0 Å². The molecule has 1 aromatic carbocycles. The van der Waals surface area contributed by atoms with E-state index in [1.165, 1.54) is 5.56 Å². The lowest BCUT2D eigenvalue weighted by Crippen LogP contribution is -2.35. The minimum atomic E-state index is 0.164. The Kier molecular flexibility index (Phi) is 4.81. The van der Waals surface area contributed by atoms with E-state index in [4.69, 9.17) is 4.74 Å². The summed E-state index contributed by atoms with van der Waals surface area (Å²) in [5.41, 5.74) is 1.45. The first-order valence-electron chi connectivity index (χ1n) is 5.98. The largest absolute Gasteiger partial charge is 0.494 e. The standard InChI is InChI=1S/C14H23NO/c1-5-10-16-13-8-6-12(7-9-13)11-15-14(2,3)4/h6-9,15H,5,10-11H2,1-4H3. The van der Waals surface area contributed by atoms with Crippen molar-refractivity contribution in [2.75, 3.05) is 6.61 Å². The molecule has 0 aliphatic rings. The van der Waals surface area contributed by atoms with E-state index in [0.29, 0.717) is 0 Å². The fourth-order valence-electron chi connectivity index (χ4n) is 1.29. The molecule has 0 aliphatic heterocycles. The van der Waals surface area contributed by atoms with Gasteiger partial charge in [0.1, 0.15) is 5.75 Å². The Balaban J connectivity index is 2.45. The number of nitrogens with one attached hydrogen (secondary N) is 1. The molecule has 0 radical (unpaired) electrons. The average molecular weight is 221 g/mol. The summed E-state index contributed by atoms with van der Waals surface area (Å²) in [7, 11) is 0. The van der Waals surface area contributed by atoms with Crippen molar-refractivity contribution in [3.05, 3.63) is 29.8 Å². The highest BCUT2D eigenvalue weighted by molar-refractivity contribution is 5.27. The summed E-state index contributed by atoms with van der Waals surface area (Å²) in [5, 5.41) is 3.46. The van der Waals surface area contributed by atoms with Gasteiger partial charge in [-0.3, -0.25) is 0 Å². The van der Waals surface area contributed by atoms with Crippen molar-refractivity contribution in [1.82, 2.24) is 5.32 Å². The summed E-state index contributed by atoms with van der Waals surface area (Å²) in [6.07, 6.45) is 1.05. The summed E-state index contributed by atoms with van der Waals surface area (Å²) >= 11 is 0. The molecule has 16 heavy (non-hydrogen) atoms. The normalized spacial score (nSPS) is 11.5. The van der Waals surface area contributed by atoms with Crippen molar-refractivity contribution in [2.45, 2.75) is 46.2 Å². The van der Waals surface area contributed by atoms with Crippen LogP contribution in [0.5, 0.6) is 5.75 Å². The zero-order valence-corrected chi connectivity index (χ0v) is 10.8. The first kappa shape index (κ1) is 13.0. The molecule has 0 atom stereocenters. The second-order valence-corrected chi connectivity index (χ2v) is 5.10. The Morgan fingerprint density at radius 3 is 2.25 bits per heavy atom. The minimum Gasteiger partial charge on any atom is -0.494 e. The number of benzene rings is 1. The van der Waals surface area contributed by atoms with Crippen LogP contribution in [0.2, 0.25) is 0 Å². The van der Waals surface area contributed by atoms with E-state index in [0.717, 1.165) is 25.3 Å². The van der Waals surface area contributed by atoms with E-state index in [2.05, 4.69) is 45.1 Å². The van der Waals surface area contributed by atoms with E-state index in [9.17, 15) is 0 Å². The first-order valence-corrected chi connectivity index (χ1v) is 5.98. The third kappa shape index (κ3) is 5.17. The van der Waals surface area contributed by atoms with Crippen molar-refractivity contribution in [3.63, 3.8) is 0 Å². The zero-order valence-electron chi connectivity index (χ0n) is 10.8. The predicted octanol–water partition coefficient (Wildman–Crippen LogP) is 3.36. The van der Waals surface area contributed by atoms with E-state index in [-0.39, 0.29) is 5.54 Å². The zero-order chi connectivity index (χ0) is 12.0. The van der Waals surface area contributed by atoms with Gasteiger partial charge >= 0.3 is 0 Å². The molecule has 0 heterocycles. The van der Waals surface area contributed by atoms with Gasteiger partial charge in [0.05, 0.1) is 6.61 Å². The molecule has 0 amide bonds. The number of rotatable bonds is 5. The molecule has 1 rings (SSSR count). The number of ether oxygens (including phenoxy) is 1. The van der Waals surface area contributed by atoms with Crippen LogP contribution in [0.3, 0.4) is 0 Å². The Labute approximate surface area is 99.0 Å². The summed E-state index contributed by atoms with van der Waals surface area (Å²) in [5.74, 6) is 0.960. The summed E-state index contributed by atoms with van der Waals surface area (Å²) in [6, 6.07) is 8.30. The predicted molar refractivity (Wildman–Crippen MR) is 68.8 cm³/mol. The Hall–Kier alpha value is -1.02. The molecule has 0 unspecified atom stereocenters. The molecule has 0 fully saturated rings. The molecule has 0 aromatic heterocycles. The lowest BCUT2D eigenvalue weighted by Gasteiger charge is -2.20. The van der Waals surface area contributed by atoms with Crippen molar-refractivity contribution in [3.8, 4) is 5.75 Å². The Morgan fingerprint density at radius 2 is 1.75 bits per heavy atom. The second kappa shape index (κ2) is 5.90. The molecule has 0 spiro atoms. The molecule has 90 valence electrons. The fourth-order valence-corrected chi connectivity index (χ4v) is 1.29. The maximum Gasteiger partial charge on any atom is 0.119 e. The molecular weight excluding hydrogens is 198 g/mol. The molecule has 1 N–H and O–H groups in total. The highest BCUT2D eigenvalue weighted by Gasteiger charge is 2.07. The van der Waals surface area contributed by atoms with Gasteiger partial charge in [-0.15, -0.1) is 0 Å². The summed E-state index contributed by atoms with van der Waals surface area (Å²) < 4.78 is 5.54. The van der Waals surface area contributed by atoms with Crippen molar-refractivity contribution in [2.24, 2.45) is 0 Å². The van der Waals surface area contributed by atoms with Gasteiger partial charge in [0, 0.05) is 12.1 Å². The van der Waals surface area contributed by atoms with E-state index in [1.54, 1.807) is 0 Å². The molecular formula is C14H23NO. The van der Waals surface area contributed by atoms with Gasteiger partial charge < -0.3 is 10.1 Å². The van der Waals surface area contributed by atoms with E-state index in [1.807, 2.05) is 12.1 Å². The monoisotopic (exact) mass is 221 g/mol. The highest BCUT2D eigenvalue weighted by atomic mass is 16.5. The maximum absolute atomic E-state index is 5.54. The van der Waals surface area contributed by atoms with Crippen LogP contribution in [0.25, 0.3) is 0 Å². The average Bonchev–Trinajstić information content (AvgIpc) is 2.24. The molecule has 0 aliphatic carbocycles. The second-order valence-electron chi connectivity index (χ2n) is 5.10. The van der Waals surface area contributed by atoms with Crippen LogP contribution >= 0.6 is 0 Å². The molecule has 2 heteroatoms. The first-order chi connectivity index (χ1) is 7.51. The SMILES string of the molecule is CCCOc1ccc(CNC(C)(C)C)cc1. The van der Waals surface area contributed by atoms with Crippen LogP contribution < -0.4 is 10.1 Å². The van der Waals surface area contributed by atoms with Crippen LogP contribution in [0.15, 0.2) is 24.3 Å². The van der Waals surface area contributed by atoms with Crippen molar-refractivity contribution in [1.29, 1.82) is 0 Å². The number of hydrogen-bond donors (Lipinski definition) is 1. The molecule has 2 nitrogen and oxygen atoms in total. The topological polar surface area (TPSA) is 21.3 Å². The van der Waals surface area contributed by atoms with Gasteiger partial charge in [0.25, 0.3) is 0 Å². The summed E-state index contributed by atoms with van der Waals surface area (Å²) in [4.78, 5) is 0. The third-order valence-electron chi connectivity index (χ3n) is 2.22. The molecule has 1 aromatic rings. The van der Waals surface area contributed by atoms with Crippen LogP contribution in [-0.2, 0) is 6.54 Å². The smallest absolute Gasteiger partial charge is 0.119 e. The fraction of sp³-hybridized carbons (Fsp3) is 0.571.